The number of anilines is 1. The summed E-state index contributed by atoms with van der Waals surface area (Å²) < 4.78 is 44.5. The van der Waals surface area contributed by atoms with Crippen LogP contribution in [0, 0.1) is 6.92 Å². The van der Waals surface area contributed by atoms with Crippen LogP contribution < -0.4 is 10.5 Å². The van der Waals surface area contributed by atoms with E-state index in [0.717, 1.165) is 11.6 Å². The quantitative estimate of drug-likeness (QED) is 0.763. The van der Waals surface area contributed by atoms with Gasteiger partial charge in [-0.25, -0.2) is 0 Å². The number of rotatable bonds is 2. The van der Waals surface area contributed by atoms with E-state index < -0.39 is 11.7 Å². The van der Waals surface area contributed by atoms with Gasteiger partial charge in [0.15, 0.2) is 0 Å². The minimum Gasteiger partial charge on any atom is -0.457 e. The number of nitrogen functional groups attached to an aromatic ring is 1. The lowest BCUT2D eigenvalue weighted by Gasteiger charge is -2.14. The smallest absolute Gasteiger partial charge is 0.420 e. The van der Waals surface area contributed by atoms with E-state index in [2.05, 4.69) is 15.9 Å². The normalized spacial score (nSPS) is 11.4. The molecule has 2 aromatic carbocycles. The summed E-state index contributed by atoms with van der Waals surface area (Å²) >= 11 is 3.02. The van der Waals surface area contributed by atoms with Crippen molar-refractivity contribution in [2.75, 3.05) is 5.73 Å². The number of benzene rings is 2. The van der Waals surface area contributed by atoms with Gasteiger partial charge in [0, 0.05) is 10.2 Å². The van der Waals surface area contributed by atoms with Crippen molar-refractivity contribution < 1.29 is 17.9 Å². The lowest BCUT2D eigenvalue weighted by Crippen LogP contribution is -2.07. The molecule has 0 aliphatic rings. The summed E-state index contributed by atoms with van der Waals surface area (Å²) in [5.74, 6) is 0.0643. The van der Waals surface area contributed by atoms with E-state index in [1.807, 2.05) is 0 Å². The fourth-order valence-electron chi connectivity index (χ4n) is 1.65. The zero-order valence-electron chi connectivity index (χ0n) is 10.5. The second kappa shape index (κ2) is 5.36. The number of aryl methyl sites for hydroxylation is 1. The fourth-order valence-corrected chi connectivity index (χ4v) is 2.01. The maximum absolute atomic E-state index is 13.0. The minimum atomic E-state index is -4.48. The van der Waals surface area contributed by atoms with E-state index in [4.69, 9.17) is 10.5 Å². The molecule has 0 spiro atoms. The van der Waals surface area contributed by atoms with Crippen LogP contribution in [0.15, 0.2) is 40.9 Å². The van der Waals surface area contributed by atoms with Crippen molar-refractivity contribution in [1.29, 1.82) is 0 Å². The highest BCUT2D eigenvalue weighted by Gasteiger charge is 2.34. The largest absolute Gasteiger partial charge is 0.457 e. The molecule has 0 atom stereocenters. The Balaban J connectivity index is 2.40. The SMILES string of the molecule is Cc1cc(Oc2ccc(Br)cc2C(F)(F)F)ccc1N. The first-order valence-corrected chi connectivity index (χ1v) is 6.47. The van der Waals surface area contributed by atoms with Crippen LogP contribution >= 0.6 is 15.9 Å². The summed E-state index contributed by atoms with van der Waals surface area (Å²) in [4.78, 5) is 0. The molecule has 0 saturated heterocycles. The molecule has 0 unspecified atom stereocenters. The number of hydrogen-bond donors (Lipinski definition) is 1. The Kier molecular flexibility index (Phi) is 3.94. The molecule has 106 valence electrons. The predicted octanol–water partition coefficient (Wildman–Crippen LogP) is 5.15. The average Bonchev–Trinajstić information content (AvgIpc) is 2.35. The summed E-state index contributed by atoms with van der Waals surface area (Å²) in [6.07, 6.45) is -4.48. The summed E-state index contributed by atoms with van der Waals surface area (Å²) in [5, 5.41) is 0. The van der Waals surface area contributed by atoms with Crippen molar-refractivity contribution in [3.8, 4) is 11.5 Å². The lowest BCUT2D eigenvalue weighted by atomic mass is 10.2. The van der Waals surface area contributed by atoms with Crippen molar-refractivity contribution >= 4 is 21.6 Å². The highest BCUT2D eigenvalue weighted by Crippen LogP contribution is 2.39. The van der Waals surface area contributed by atoms with Crippen molar-refractivity contribution in [2.45, 2.75) is 13.1 Å². The molecule has 20 heavy (non-hydrogen) atoms. The highest BCUT2D eigenvalue weighted by molar-refractivity contribution is 9.10. The molecule has 2 nitrogen and oxygen atoms in total. The van der Waals surface area contributed by atoms with Crippen LogP contribution in [0.25, 0.3) is 0 Å². The van der Waals surface area contributed by atoms with Gasteiger partial charge in [0.2, 0.25) is 0 Å². The van der Waals surface area contributed by atoms with Gasteiger partial charge in [-0.2, -0.15) is 13.2 Å². The Morgan fingerprint density at radius 3 is 2.40 bits per heavy atom. The van der Waals surface area contributed by atoms with E-state index in [-0.39, 0.29) is 5.75 Å². The first-order valence-electron chi connectivity index (χ1n) is 5.68. The Morgan fingerprint density at radius 1 is 1.10 bits per heavy atom. The molecule has 0 radical (unpaired) electrons. The molecule has 0 fully saturated rings. The van der Waals surface area contributed by atoms with E-state index in [9.17, 15) is 13.2 Å². The van der Waals surface area contributed by atoms with Gasteiger partial charge < -0.3 is 10.5 Å². The zero-order chi connectivity index (χ0) is 14.9. The predicted molar refractivity (Wildman–Crippen MR) is 74.8 cm³/mol. The van der Waals surface area contributed by atoms with Gasteiger partial charge in [-0.05, 0) is 48.9 Å². The first kappa shape index (κ1) is 14.7. The minimum absolute atomic E-state index is 0.245. The monoisotopic (exact) mass is 345 g/mol. The van der Waals surface area contributed by atoms with E-state index in [1.54, 1.807) is 19.1 Å². The molecular formula is C14H11BrF3NO. The second-order valence-corrected chi connectivity index (χ2v) is 5.17. The number of nitrogens with two attached hydrogens (primary N) is 1. The third kappa shape index (κ3) is 3.25. The van der Waals surface area contributed by atoms with Crippen molar-refractivity contribution in [3.05, 3.63) is 52.0 Å². The van der Waals surface area contributed by atoms with Gasteiger partial charge in [-0.1, -0.05) is 15.9 Å². The third-order valence-corrected chi connectivity index (χ3v) is 3.21. The number of ether oxygens (including phenoxy) is 1. The Hall–Kier alpha value is -1.69. The lowest BCUT2D eigenvalue weighted by molar-refractivity contribution is -0.138. The fraction of sp³-hybridized carbons (Fsp3) is 0.143. The molecule has 6 heteroatoms. The molecule has 2 aromatic rings. The van der Waals surface area contributed by atoms with Crippen LogP contribution in [-0.2, 0) is 6.18 Å². The molecule has 0 saturated carbocycles. The Labute approximate surface area is 122 Å². The van der Waals surface area contributed by atoms with Gasteiger partial charge in [-0.3, -0.25) is 0 Å². The summed E-state index contributed by atoms with van der Waals surface area (Å²) in [6.45, 7) is 1.76. The summed E-state index contributed by atoms with van der Waals surface area (Å²) in [7, 11) is 0. The summed E-state index contributed by atoms with van der Waals surface area (Å²) in [6, 6.07) is 8.48. The van der Waals surface area contributed by atoms with Gasteiger partial charge in [-0.15, -0.1) is 0 Å². The van der Waals surface area contributed by atoms with E-state index in [1.165, 1.54) is 18.2 Å². The standard InChI is InChI=1S/C14H11BrF3NO/c1-8-6-10(3-4-12(8)19)20-13-5-2-9(15)7-11(13)14(16,17)18/h2-7H,19H2,1H3. The first-order chi connectivity index (χ1) is 9.27. The van der Waals surface area contributed by atoms with E-state index in [0.29, 0.717) is 15.9 Å². The molecule has 0 heterocycles. The maximum Gasteiger partial charge on any atom is 0.420 e. The van der Waals surface area contributed by atoms with Gasteiger partial charge in [0.1, 0.15) is 11.5 Å². The Bertz CT molecular complexity index is 641. The third-order valence-electron chi connectivity index (χ3n) is 2.72. The molecule has 2 N–H and O–H groups in total. The van der Waals surface area contributed by atoms with Crippen LogP contribution in [0.1, 0.15) is 11.1 Å². The van der Waals surface area contributed by atoms with Crippen LogP contribution in [0.4, 0.5) is 18.9 Å². The highest BCUT2D eigenvalue weighted by atomic mass is 79.9. The molecule has 0 aromatic heterocycles. The van der Waals surface area contributed by atoms with Crippen molar-refractivity contribution in [1.82, 2.24) is 0 Å². The molecule has 2 rings (SSSR count). The summed E-state index contributed by atoms with van der Waals surface area (Å²) in [5.41, 5.74) is 6.13. The molecular weight excluding hydrogens is 335 g/mol. The Morgan fingerprint density at radius 2 is 1.80 bits per heavy atom. The van der Waals surface area contributed by atoms with Crippen molar-refractivity contribution in [3.63, 3.8) is 0 Å². The number of alkyl halides is 3. The molecule has 0 aliphatic heterocycles. The number of hydrogen-bond acceptors (Lipinski definition) is 2. The van der Waals surface area contributed by atoms with E-state index >= 15 is 0 Å². The second-order valence-electron chi connectivity index (χ2n) is 4.26. The van der Waals surface area contributed by atoms with Gasteiger partial charge >= 0.3 is 6.18 Å². The van der Waals surface area contributed by atoms with Crippen LogP contribution in [0.3, 0.4) is 0 Å². The molecule has 0 amide bonds. The maximum atomic E-state index is 13.0. The van der Waals surface area contributed by atoms with Crippen LogP contribution in [0.2, 0.25) is 0 Å². The van der Waals surface area contributed by atoms with Crippen molar-refractivity contribution in [2.24, 2.45) is 0 Å². The molecule has 0 aliphatic carbocycles. The zero-order valence-corrected chi connectivity index (χ0v) is 12.0. The van der Waals surface area contributed by atoms with Gasteiger partial charge in [0.05, 0.1) is 5.56 Å². The molecule has 0 bridgehead atoms. The average molecular weight is 346 g/mol. The van der Waals surface area contributed by atoms with Crippen LogP contribution in [0.5, 0.6) is 11.5 Å². The van der Waals surface area contributed by atoms with Crippen LogP contribution in [-0.4, -0.2) is 0 Å². The van der Waals surface area contributed by atoms with Gasteiger partial charge in [0.25, 0.3) is 0 Å². The topological polar surface area (TPSA) is 35.2 Å². The number of halogens is 4.